The maximum absolute atomic E-state index is 13.1. The topological polar surface area (TPSA) is 208 Å². The Morgan fingerprint density at radius 3 is 1.36 bits per heavy atom. The Hall–Kier alpha value is -7.70. The van der Waals surface area contributed by atoms with Crippen LogP contribution in [0.4, 0.5) is 11.6 Å². The van der Waals surface area contributed by atoms with E-state index in [-0.39, 0.29) is 20.1 Å². The van der Waals surface area contributed by atoms with E-state index in [0.29, 0.717) is 47.0 Å². The second-order valence-electron chi connectivity index (χ2n) is 18.0. The highest BCUT2D eigenvalue weighted by Crippen LogP contribution is 2.44. The first-order valence-electron chi connectivity index (χ1n) is 23.1. The van der Waals surface area contributed by atoms with E-state index in [0.717, 1.165) is 55.2 Å². The molecule has 0 aliphatic rings. The molecule has 0 saturated heterocycles. The quantitative estimate of drug-likeness (QED) is 0.0796. The van der Waals surface area contributed by atoms with Crippen LogP contribution >= 0.6 is 23.2 Å². The van der Waals surface area contributed by atoms with Gasteiger partial charge in [0.25, 0.3) is 0 Å². The van der Waals surface area contributed by atoms with Gasteiger partial charge in [0.1, 0.15) is 31.7 Å². The molecular weight excluding hydrogens is 1010 g/mol. The van der Waals surface area contributed by atoms with Crippen LogP contribution in [0, 0.1) is 0 Å². The summed E-state index contributed by atoms with van der Waals surface area (Å²) in [7, 11) is -7.75. The van der Waals surface area contributed by atoms with Crippen molar-refractivity contribution < 1.29 is 16.8 Å². The molecule has 5 N–H and O–H groups in total. The Bertz CT molecular complexity index is 3880. The second-order valence-corrected chi connectivity index (χ2v) is 22.0. The Morgan fingerprint density at radius 2 is 0.946 bits per heavy atom. The van der Waals surface area contributed by atoms with E-state index in [1.807, 2.05) is 133 Å². The van der Waals surface area contributed by atoms with E-state index in [1.54, 1.807) is 51.6 Å². The Kier molecular flexibility index (Phi) is 15.1. The number of hydrogen-bond acceptors (Lipinski definition) is 12. The van der Waals surface area contributed by atoms with Gasteiger partial charge in [-0.25, -0.2) is 36.7 Å². The molecule has 10 aromatic rings. The number of aromatic nitrogens is 6. The zero-order chi connectivity index (χ0) is 52.0. The van der Waals surface area contributed by atoms with Crippen LogP contribution in [0.2, 0.25) is 10.3 Å². The van der Waals surface area contributed by atoms with E-state index in [2.05, 4.69) is 40.3 Å². The molecule has 74 heavy (non-hydrogen) atoms. The van der Waals surface area contributed by atoms with Gasteiger partial charge in [-0.1, -0.05) is 132 Å². The molecular formula is C56H48Cl2N10O4S2. The van der Waals surface area contributed by atoms with Crippen LogP contribution in [-0.4, -0.2) is 52.3 Å². The first kappa shape index (κ1) is 51.2. The van der Waals surface area contributed by atoms with Gasteiger partial charge >= 0.3 is 0 Å². The lowest BCUT2D eigenvalue weighted by Gasteiger charge is -2.21. The summed E-state index contributed by atoms with van der Waals surface area (Å²) in [5.74, 6) is 1.20. The third kappa shape index (κ3) is 11.7. The highest BCUT2D eigenvalue weighted by Gasteiger charge is 2.25. The fourth-order valence-electron chi connectivity index (χ4n) is 8.42. The number of primary sulfonamides is 1. The molecule has 0 atom stereocenters. The van der Waals surface area contributed by atoms with Crippen molar-refractivity contribution in [3.63, 3.8) is 0 Å². The molecule has 0 unspecified atom stereocenters. The van der Waals surface area contributed by atoms with Crippen molar-refractivity contribution >= 4 is 76.4 Å². The summed E-state index contributed by atoms with van der Waals surface area (Å²) in [5.41, 5.74) is 7.23. The van der Waals surface area contributed by atoms with Crippen LogP contribution in [0.3, 0.4) is 0 Å². The van der Waals surface area contributed by atoms with Crippen molar-refractivity contribution in [3.8, 4) is 44.5 Å². The minimum atomic E-state index is -3.94. The number of sulfonamides is 2. The lowest BCUT2D eigenvalue weighted by atomic mass is 9.94. The number of hydrogen-bond donors (Lipinski definition) is 4. The summed E-state index contributed by atoms with van der Waals surface area (Å²) in [6, 6.07) is 46.3. The van der Waals surface area contributed by atoms with E-state index >= 15 is 0 Å². The smallest absolute Gasteiger partial charge is 0.242 e. The summed E-state index contributed by atoms with van der Waals surface area (Å²) in [5, 5.41) is 15.9. The Balaban J connectivity index is 0.000000183. The maximum atomic E-state index is 13.1. The number of pyridine rings is 6. The molecule has 0 aliphatic heterocycles. The second kappa shape index (κ2) is 21.8. The molecule has 0 spiro atoms. The number of nitrogens with zero attached hydrogens (tertiary/aromatic N) is 6. The number of fused-ring (bicyclic) bond motifs is 2. The third-order valence-corrected chi connectivity index (χ3v) is 14.7. The molecule has 18 heteroatoms. The van der Waals surface area contributed by atoms with Crippen LogP contribution in [-0.2, 0) is 33.1 Å². The summed E-state index contributed by atoms with van der Waals surface area (Å²) < 4.78 is 52.7. The minimum Gasteiger partial charge on any atom is -0.364 e. The van der Waals surface area contributed by atoms with Crippen LogP contribution in [0.25, 0.3) is 66.1 Å². The number of nitrogens with two attached hydrogens (primary N) is 1. The predicted octanol–water partition coefficient (Wildman–Crippen LogP) is 12.0. The van der Waals surface area contributed by atoms with E-state index < -0.39 is 25.6 Å². The molecule has 372 valence electrons. The van der Waals surface area contributed by atoms with E-state index in [4.69, 9.17) is 33.3 Å². The van der Waals surface area contributed by atoms with Gasteiger partial charge in [0, 0.05) is 75.7 Å². The fourth-order valence-corrected chi connectivity index (χ4v) is 10.9. The molecule has 4 aromatic carbocycles. The first-order valence-corrected chi connectivity index (χ1v) is 26.9. The maximum Gasteiger partial charge on any atom is 0.242 e. The zero-order valence-corrected chi connectivity index (χ0v) is 43.3. The molecule has 14 nitrogen and oxygen atoms in total. The third-order valence-electron chi connectivity index (χ3n) is 11.6. The lowest BCUT2D eigenvalue weighted by Crippen LogP contribution is -2.40. The Labute approximate surface area is 439 Å². The van der Waals surface area contributed by atoms with Gasteiger partial charge in [0.05, 0.1) is 24.5 Å². The molecule has 6 aromatic heterocycles. The van der Waals surface area contributed by atoms with Gasteiger partial charge in [-0.3, -0.25) is 19.9 Å². The van der Waals surface area contributed by atoms with Gasteiger partial charge in [-0.2, -0.15) is 0 Å². The SMILES string of the molecule is CC(C)(C)NS(=O)(=O)c1cncc(-c2c(Cl)nc(NCc3ccccn3)c3c(-c4ccccc4)cccc23)c1.NS(=O)(=O)c1cncc(-c2c(Cl)nc(NCc3ccccn3)c3c(-c4ccccc4)cccc23)c1. The molecule has 0 bridgehead atoms. The van der Waals surface area contributed by atoms with Crippen LogP contribution in [0.5, 0.6) is 0 Å². The Morgan fingerprint density at radius 1 is 0.514 bits per heavy atom. The predicted molar refractivity (Wildman–Crippen MR) is 295 cm³/mol. The molecule has 0 saturated carbocycles. The average Bonchev–Trinajstić information content (AvgIpc) is 3.40. The van der Waals surface area contributed by atoms with Gasteiger partial charge in [0.15, 0.2) is 0 Å². The monoisotopic (exact) mass is 1060 g/mol. The van der Waals surface area contributed by atoms with Gasteiger partial charge < -0.3 is 10.6 Å². The summed E-state index contributed by atoms with van der Waals surface area (Å²) in [4.78, 5) is 26.5. The number of nitrogens with one attached hydrogen (secondary N) is 3. The van der Waals surface area contributed by atoms with E-state index in [9.17, 15) is 16.8 Å². The average molecular weight is 1060 g/mol. The largest absolute Gasteiger partial charge is 0.364 e. The highest BCUT2D eigenvalue weighted by atomic mass is 35.5. The minimum absolute atomic E-state index is 0.0516. The van der Waals surface area contributed by atoms with E-state index in [1.165, 1.54) is 18.5 Å². The molecule has 0 fully saturated rings. The van der Waals surface area contributed by atoms with Crippen molar-refractivity contribution in [1.82, 2.24) is 34.6 Å². The van der Waals surface area contributed by atoms with Crippen molar-refractivity contribution in [2.24, 2.45) is 5.14 Å². The molecule has 6 heterocycles. The zero-order valence-electron chi connectivity index (χ0n) is 40.2. The standard InChI is InChI=1S/C30H28ClN5O2S.C26H20ClN5O2S/c1-30(2,3)36-39(37,38)23-16-21(17-32-19-23)26-25-14-9-13-24(20-10-5-4-6-11-20)27(25)29(35-28(26)31)34-18-22-12-7-8-15-33-22;27-25-23(18-13-20(16-29-14-18)35(28,33)34)22-11-6-10-21(17-7-2-1-3-8-17)24(22)26(32-25)31-15-19-9-4-5-12-30-19/h4-17,19,36H,18H2,1-3H3,(H,34,35);1-14,16H,15H2,(H,31,32)(H2,28,33,34). The van der Waals surface area contributed by atoms with Crippen LogP contribution in [0.15, 0.2) is 193 Å². The van der Waals surface area contributed by atoms with Crippen molar-refractivity contribution in [3.05, 3.63) is 204 Å². The van der Waals surface area contributed by atoms with Crippen molar-refractivity contribution in [2.45, 2.75) is 49.2 Å². The highest BCUT2D eigenvalue weighted by molar-refractivity contribution is 7.89. The molecule has 0 amide bonds. The lowest BCUT2D eigenvalue weighted by molar-refractivity contribution is 0.491. The molecule has 10 rings (SSSR count). The number of anilines is 2. The van der Waals surface area contributed by atoms with Gasteiger partial charge in [-0.05, 0) is 90.2 Å². The van der Waals surface area contributed by atoms with Crippen molar-refractivity contribution in [1.29, 1.82) is 0 Å². The van der Waals surface area contributed by atoms with Gasteiger partial charge in [0.2, 0.25) is 20.0 Å². The fraction of sp³-hybridized carbons (Fsp3) is 0.107. The van der Waals surface area contributed by atoms with Crippen LogP contribution < -0.4 is 20.5 Å². The number of benzene rings is 4. The van der Waals surface area contributed by atoms with Gasteiger partial charge in [-0.15, -0.1) is 0 Å². The normalized spacial score (nSPS) is 11.8. The first-order chi connectivity index (χ1) is 35.5. The summed E-state index contributed by atoms with van der Waals surface area (Å²) >= 11 is 13.6. The number of rotatable bonds is 13. The molecule has 0 aliphatic carbocycles. The number of halogens is 2. The summed E-state index contributed by atoms with van der Waals surface area (Å²) in [6.07, 6.45) is 9.18. The molecule has 0 radical (unpaired) electrons. The summed E-state index contributed by atoms with van der Waals surface area (Å²) in [6.45, 7) is 6.27. The van der Waals surface area contributed by atoms with Crippen LogP contribution in [0.1, 0.15) is 32.2 Å². The van der Waals surface area contributed by atoms with Crippen molar-refractivity contribution in [2.75, 3.05) is 10.6 Å².